The maximum Gasteiger partial charge on any atom is 0.306 e. The van der Waals surface area contributed by atoms with Crippen LogP contribution >= 0.6 is 0 Å². The first-order chi connectivity index (χ1) is 31.0. The summed E-state index contributed by atoms with van der Waals surface area (Å²) in [5.74, 6) is -0.890. The molecule has 0 radical (unpaired) electrons. The standard InChI is InChI=1S/C57H104O6/c1-4-7-10-13-16-19-22-24-26-28-29-31-32-35-38-41-44-47-50-56(59)62-53-54(52-61-55(58)49-46-43-40-37-34-21-18-15-12-9-6-3)63-57(60)51-48-45-42-39-36-33-30-27-25-23-20-17-14-11-8-5-2/h26-31,54H,4-25,32-53H2,1-3H3/b28-26-,30-27-,31-29-. The van der Waals surface area contributed by atoms with E-state index in [1.807, 2.05) is 0 Å². The van der Waals surface area contributed by atoms with E-state index in [1.165, 1.54) is 167 Å². The summed E-state index contributed by atoms with van der Waals surface area (Å²) in [6.45, 7) is 6.63. The van der Waals surface area contributed by atoms with Crippen molar-refractivity contribution in [3.8, 4) is 0 Å². The van der Waals surface area contributed by atoms with Gasteiger partial charge >= 0.3 is 17.9 Å². The number of unbranched alkanes of at least 4 members (excludes halogenated alkanes) is 34. The summed E-state index contributed by atoms with van der Waals surface area (Å²) in [6, 6.07) is 0. The van der Waals surface area contributed by atoms with Crippen LogP contribution in [0, 0.1) is 0 Å². The predicted octanol–water partition coefficient (Wildman–Crippen LogP) is 18.1. The summed E-state index contributed by atoms with van der Waals surface area (Å²) >= 11 is 0. The maximum atomic E-state index is 12.8. The lowest BCUT2D eigenvalue weighted by molar-refractivity contribution is -0.167. The van der Waals surface area contributed by atoms with Gasteiger partial charge in [0.1, 0.15) is 13.2 Å². The Bertz CT molecular complexity index is 1060. The van der Waals surface area contributed by atoms with E-state index >= 15 is 0 Å². The van der Waals surface area contributed by atoms with Crippen molar-refractivity contribution in [1.29, 1.82) is 0 Å². The molecule has 0 aromatic heterocycles. The van der Waals surface area contributed by atoms with Gasteiger partial charge in [-0.2, -0.15) is 0 Å². The molecule has 368 valence electrons. The van der Waals surface area contributed by atoms with E-state index in [2.05, 4.69) is 57.2 Å². The first-order valence-corrected chi connectivity index (χ1v) is 27.5. The van der Waals surface area contributed by atoms with Crippen molar-refractivity contribution < 1.29 is 28.6 Å². The van der Waals surface area contributed by atoms with Crippen molar-refractivity contribution in [1.82, 2.24) is 0 Å². The molecule has 0 spiro atoms. The van der Waals surface area contributed by atoms with Gasteiger partial charge in [0.25, 0.3) is 0 Å². The zero-order valence-electron chi connectivity index (χ0n) is 42.1. The third-order valence-electron chi connectivity index (χ3n) is 12.1. The fraction of sp³-hybridized carbons (Fsp3) is 0.842. The monoisotopic (exact) mass is 885 g/mol. The van der Waals surface area contributed by atoms with Crippen LogP contribution in [-0.4, -0.2) is 37.2 Å². The average Bonchev–Trinajstić information content (AvgIpc) is 3.28. The molecular formula is C57H104O6. The summed E-state index contributed by atoms with van der Waals surface area (Å²) in [6.07, 6.45) is 61.3. The number of rotatable bonds is 50. The van der Waals surface area contributed by atoms with E-state index in [4.69, 9.17) is 14.2 Å². The molecule has 0 aliphatic rings. The molecule has 0 amide bonds. The van der Waals surface area contributed by atoms with Crippen LogP contribution in [0.3, 0.4) is 0 Å². The van der Waals surface area contributed by atoms with E-state index < -0.39 is 6.10 Å². The third-order valence-corrected chi connectivity index (χ3v) is 12.1. The van der Waals surface area contributed by atoms with Gasteiger partial charge in [-0.15, -0.1) is 0 Å². The molecular weight excluding hydrogens is 781 g/mol. The number of carbonyl (C=O) groups is 3. The largest absolute Gasteiger partial charge is 0.462 e. The summed E-state index contributed by atoms with van der Waals surface area (Å²) in [5.41, 5.74) is 0. The Kier molecular flexibility index (Phi) is 50.3. The van der Waals surface area contributed by atoms with Crippen molar-refractivity contribution in [3.05, 3.63) is 36.5 Å². The highest BCUT2D eigenvalue weighted by Gasteiger charge is 2.19. The van der Waals surface area contributed by atoms with E-state index in [1.54, 1.807) is 0 Å². The lowest BCUT2D eigenvalue weighted by atomic mass is 10.1. The van der Waals surface area contributed by atoms with Gasteiger partial charge in [0.15, 0.2) is 6.10 Å². The topological polar surface area (TPSA) is 78.9 Å². The fourth-order valence-corrected chi connectivity index (χ4v) is 7.96. The molecule has 0 aliphatic heterocycles. The molecule has 0 aromatic carbocycles. The van der Waals surface area contributed by atoms with Gasteiger partial charge in [0, 0.05) is 19.3 Å². The highest BCUT2D eigenvalue weighted by atomic mass is 16.6. The minimum Gasteiger partial charge on any atom is -0.462 e. The number of hydrogen-bond donors (Lipinski definition) is 0. The van der Waals surface area contributed by atoms with Gasteiger partial charge in [0.2, 0.25) is 0 Å². The van der Waals surface area contributed by atoms with E-state index in [-0.39, 0.29) is 31.1 Å². The van der Waals surface area contributed by atoms with E-state index in [0.717, 1.165) is 83.5 Å². The molecule has 0 rings (SSSR count). The van der Waals surface area contributed by atoms with E-state index in [9.17, 15) is 14.4 Å². The Morgan fingerprint density at radius 1 is 0.317 bits per heavy atom. The molecule has 0 aliphatic carbocycles. The smallest absolute Gasteiger partial charge is 0.306 e. The van der Waals surface area contributed by atoms with Gasteiger partial charge in [-0.25, -0.2) is 0 Å². The van der Waals surface area contributed by atoms with Gasteiger partial charge in [-0.3, -0.25) is 14.4 Å². The number of ether oxygens (including phenoxy) is 3. The first-order valence-electron chi connectivity index (χ1n) is 27.5. The zero-order valence-corrected chi connectivity index (χ0v) is 42.1. The van der Waals surface area contributed by atoms with Gasteiger partial charge in [-0.05, 0) is 70.6 Å². The second kappa shape index (κ2) is 52.3. The molecule has 0 heterocycles. The predicted molar refractivity (Wildman–Crippen MR) is 270 cm³/mol. The molecule has 0 saturated heterocycles. The number of hydrogen-bond acceptors (Lipinski definition) is 6. The first kappa shape index (κ1) is 60.6. The highest BCUT2D eigenvalue weighted by molar-refractivity contribution is 5.71. The molecule has 0 saturated carbocycles. The van der Waals surface area contributed by atoms with Gasteiger partial charge in [0.05, 0.1) is 0 Å². The molecule has 6 nitrogen and oxygen atoms in total. The number of carbonyl (C=O) groups excluding carboxylic acids is 3. The Hall–Kier alpha value is -2.37. The van der Waals surface area contributed by atoms with Crippen molar-refractivity contribution in [3.63, 3.8) is 0 Å². The zero-order chi connectivity index (χ0) is 45.8. The Labute approximate surface area is 391 Å². The van der Waals surface area contributed by atoms with Crippen molar-refractivity contribution >= 4 is 17.9 Å². The lowest BCUT2D eigenvalue weighted by Gasteiger charge is -2.18. The minimum atomic E-state index is -0.779. The molecule has 0 N–H and O–H groups in total. The Morgan fingerprint density at radius 2 is 0.571 bits per heavy atom. The summed E-state index contributed by atoms with van der Waals surface area (Å²) in [7, 11) is 0. The summed E-state index contributed by atoms with van der Waals surface area (Å²) in [5, 5.41) is 0. The molecule has 0 fully saturated rings. The second-order valence-electron chi connectivity index (χ2n) is 18.5. The van der Waals surface area contributed by atoms with Crippen LogP contribution in [0.15, 0.2) is 36.5 Å². The van der Waals surface area contributed by atoms with Gasteiger partial charge < -0.3 is 14.2 Å². The van der Waals surface area contributed by atoms with Crippen LogP contribution in [0.5, 0.6) is 0 Å². The quantitative estimate of drug-likeness (QED) is 0.0199. The highest BCUT2D eigenvalue weighted by Crippen LogP contribution is 2.15. The minimum absolute atomic E-state index is 0.0776. The second-order valence-corrected chi connectivity index (χ2v) is 18.5. The molecule has 63 heavy (non-hydrogen) atoms. The van der Waals surface area contributed by atoms with Crippen LogP contribution < -0.4 is 0 Å². The van der Waals surface area contributed by atoms with Crippen molar-refractivity contribution in [2.45, 2.75) is 297 Å². The van der Waals surface area contributed by atoms with Crippen LogP contribution in [-0.2, 0) is 28.6 Å². The molecule has 1 unspecified atom stereocenters. The molecule has 0 bridgehead atoms. The van der Waals surface area contributed by atoms with Crippen LogP contribution in [0.25, 0.3) is 0 Å². The third kappa shape index (κ3) is 50.5. The Morgan fingerprint density at radius 3 is 0.889 bits per heavy atom. The van der Waals surface area contributed by atoms with E-state index in [0.29, 0.717) is 19.3 Å². The molecule has 6 heteroatoms. The average molecular weight is 885 g/mol. The van der Waals surface area contributed by atoms with Crippen molar-refractivity contribution in [2.75, 3.05) is 13.2 Å². The summed E-state index contributed by atoms with van der Waals surface area (Å²) < 4.78 is 16.8. The molecule has 0 aromatic rings. The Balaban J connectivity index is 4.36. The summed E-state index contributed by atoms with van der Waals surface area (Å²) in [4.78, 5) is 38.0. The SMILES string of the molecule is CCCCCCCCC/C=C\C=C/CCCCCCCC(=O)OCC(COC(=O)CCCCCCCCCCCCC)OC(=O)CCCCCCC/C=C\CCCCCCCCC. The number of allylic oxidation sites excluding steroid dienone is 6. The van der Waals surface area contributed by atoms with Crippen molar-refractivity contribution in [2.24, 2.45) is 0 Å². The van der Waals surface area contributed by atoms with Crippen LogP contribution in [0.2, 0.25) is 0 Å². The van der Waals surface area contributed by atoms with Gasteiger partial charge in [-0.1, -0.05) is 237 Å². The lowest BCUT2D eigenvalue weighted by Crippen LogP contribution is -2.30. The van der Waals surface area contributed by atoms with Crippen LogP contribution in [0.4, 0.5) is 0 Å². The normalized spacial score (nSPS) is 12.2. The molecule has 1 atom stereocenters. The number of esters is 3. The fourth-order valence-electron chi connectivity index (χ4n) is 7.96. The van der Waals surface area contributed by atoms with Crippen LogP contribution in [0.1, 0.15) is 290 Å². The maximum absolute atomic E-state index is 12.8.